The molecule has 1 N–H and O–H groups in total. The Bertz CT molecular complexity index is 610. The van der Waals surface area contributed by atoms with Crippen LogP contribution in [0.25, 0.3) is 0 Å². The molecular weight excluding hydrogens is 265 g/mol. The molecule has 2 rings (SSSR count). The second kappa shape index (κ2) is 6.72. The van der Waals surface area contributed by atoms with Gasteiger partial charge in [-0.1, -0.05) is 30.3 Å². The van der Waals surface area contributed by atoms with Crippen LogP contribution in [0.3, 0.4) is 0 Å². The molecule has 0 aliphatic carbocycles. The summed E-state index contributed by atoms with van der Waals surface area (Å²) in [7, 11) is 1.90. The van der Waals surface area contributed by atoms with Crippen LogP contribution >= 0.6 is 0 Å². The molecule has 0 saturated carbocycles. The summed E-state index contributed by atoms with van der Waals surface area (Å²) in [6.07, 6.45) is 0.110. The van der Waals surface area contributed by atoms with E-state index in [0.29, 0.717) is 5.56 Å². The van der Waals surface area contributed by atoms with Gasteiger partial charge < -0.3 is 10.1 Å². The molecule has 0 spiro atoms. The van der Waals surface area contributed by atoms with Crippen molar-refractivity contribution in [3.8, 4) is 5.75 Å². The number of rotatable bonds is 5. The zero-order chi connectivity index (χ0) is 15.4. The van der Waals surface area contributed by atoms with Gasteiger partial charge in [-0.3, -0.25) is 0 Å². The second-order valence-electron chi connectivity index (χ2n) is 5.43. The molecule has 0 fully saturated rings. The van der Waals surface area contributed by atoms with Crippen LogP contribution in [0.5, 0.6) is 5.75 Å². The summed E-state index contributed by atoms with van der Waals surface area (Å²) in [4.78, 5) is 0. The summed E-state index contributed by atoms with van der Waals surface area (Å²) in [6, 6.07) is 13.1. The van der Waals surface area contributed by atoms with Crippen LogP contribution in [0, 0.1) is 12.7 Å². The summed E-state index contributed by atoms with van der Waals surface area (Å²) in [5, 5.41) is 3.29. The molecule has 0 aliphatic heterocycles. The van der Waals surface area contributed by atoms with Crippen LogP contribution in [0.15, 0.2) is 42.5 Å². The fourth-order valence-corrected chi connectivity index (χ4v) is 2.43. The molecule has 21 heavy (non-hydrogen) atoms. The molecule has 0 aliphatic rings. The molecule has 0 saturated heterocycles. The zero-order valence-electron chi connectivity index (χ0n) is 13.0. The third-order valence-corrected chi connectivity index (χ3v) is 3.40. The second-order valence-corrected chi connectivity index (χ2v) is 5.43. The van der Waals surface area contributed by atoms with Gasteiger partial charge in [-0.2, -0.15) is 0 Å². The smallest absolute Gasteiger partial charge is 0.126 e. The van der Waals surface area contributed by atoms with Crippen molar-refractivity contribution in [3.63, 3.8) is 0 Å². The van der Waals surface area contributed by atoms with Crippen LogP contribution in [0.1, 0.15) is 36.6 Å². The zero-order valence-corrected chi connectivity index (χ0v) is 13.0. The lowest BCUT2D eigenvalue weighted by molar-refractivity contribution is 0.238. The van der Waals surface area contributed by atoms with Crippen LogP contribution in [-0.4, -0.2) is 13.2 Å². The number of para-hydroxylation sites is 1. The minimum absolute atomic E-state index is 0.0285. The van der Waals surface area contributed by atoms with E-state index in [9.17, 15) is 4.39 Å². The number of aryl methyl sites for hydroxylation is 1. The van der Waals surface area contributed by atoms with Gasteiger partial charge in [0.2, 0.25) is 0 Å². The van der Waals surface area contributed by atoms with E-state index in [1.807, 2.05) is 57.3 Å². The van der Waals surface area contributed by atoms with Crippen molar-refractivity contribution in [2.45, 2.75) is 32.9 Å². The van der Waals surface area contributed by atoms with Crippen molar-refractivity contribution < 1.29 is 9.13 Å². The van der Waals surface area contributed by atoms with Gasteiger partial charge in [0.25, 0.3) is 0 Å². The van der Waals surface area contributed by atoms with Crippen LogP contribution in [0.4, 0.5) is 4.39 Å². The number of halogens is 1. The summed E-state index contributed by atoms with van der Waals surface area (Å²) < 4.78 is 19.4. The lowest BCUT2D eigenvalue weighted by Crippen LogP contribution is -2.20. The number of benzene rings is 2. The Kier molecular flexibility index (Phi) is 4.97. The Morgan fingerprint density at radius 2 is 1.81 bits per heavy atom. The Balaban J connectivity index is 2.43. The number of ether oxygens (including phenoxy) is 1. The van der Waals surface area contributed by atoms with Crippen LogP contribution < -0.4 is 10.1 Å². The van der Waals surface area contributed by atoms with Gasteiger partial charge >= 0.3 is 0 Å². The van der Waals surface area contributed by atoms with E-state index in [4.69, 9.17) is 4.74 Å². The molecule has 0 heterocycles. The van der Waals surface area contributed by atoms with Gasteiger partial charge in [-0.05, 0) is 51.1 Å². The largest absolute Gasteiger partial charge is 0.491 e. The van der Waals surface area contributed by atoms with E-state index in [2.05, 4.69) is 5.32 Å². The van der Waals surface area contributed by atoms with Crippen molar-refractivity contribution >= 4 is 0 Å². The predicted octanol–water partition coefficient (Wildman–Crippen LogP) is 4.23. The maximum Gasteiger partial charge on any atom is 0.126 e. The monoisotopic (exact) mass is 287 g/mol. The standard InChI is InChI=1S/C18H22FNO/c1-12(2)21-17-8-6-5-7-15(17)18(20-4)14-9-10-16(19)13(3)11-14/h5-12,18,20H,1-4H3. The Labute approximate surface area is 126 Å². The van der Waals surface area contributed by atoms with Crippen molar-refractivity contribution in [1.82, 2.24) is 5.32 Å². The van der Waals surface area contributed by atoms with Gasteiger partial charge in [-0.15, -0.1) is 0 Å². The summed E-state index contributed by atoms with van der Waals surface area (Å²) in [5.41, 5.74) is 2.73. The molecule has 1 atom stereocenters. The molecule has 112 valence electrons. The Morgan fingerprint density at radius 3 is 2.43 bits per heavy atom. The molecule has 2 aromatic rings. The summed E-state index contributed by atoms with van der Waals surface area (Å²) >= 11 is 0. The van der Waals surface area contributed by atoms with Crippen molar-refractivity contribution in [2.24, 2.45) is 0 Å². The molecule has 3 heteroatoms. The van der Waals surface area contributed by atoms with Crippen LogP contribution in [-0.2, 0) is 0 Å². The average Bonchev–Trinajstić information content (AvgIpc) is 2.44. The van der Waals surface area contributed by atoms with Gasteiger partial charge in [0, 0.05) is 5.56 Å². The van der Waals surface area contributed by atoms with Crippen molar-refractivity contribution in [1.29, 1.82) is 0 Å². The maximum atomic E-state index is 13.5. The summed E-state index contributed by atoms with van der Waals surface area (Å²) in [5.74, 6) is 0.675. The van der Waals surface area contributed by atoms with Crippen molar-refractivity contribution in [2.75, 3.05) is 7.05 Å². The predicted molar refractivity (Wildman–Crippen MR) is 84.2 cm³/mol. The SMILES string of the molecule is CNC(c1ccc(F)c(C)c1)c1ccccc1OC(C)C. The van der Waals surface area contributed by atoms with E-state index in [1.54, 1.807) is 6.92 Å². The number of hydrogen-bond acceptors (Lipinski definition) is 2. The number of hydrogen-bond donors (Lipinski definition) is 1. The topological polar surface area (TPSA) is 21.3 Å². The molecule has 0 amide bonds. The molecule has 2 aromatic carbocycles. The maximum absolute atomic E-state index is 13.5. The van der Waals surface area contributed by atoms with Crippen molar-refractivity contribution in [3.05, 3.63) is 65.0 Å². The minimum atomic E-state index is -0.180. The van der Waals surface area contributed by atoms with Gasteiger partial charge in [-0.25, -0.2) is 4.39 Å². The van der Waals surface area contributed by atoms with Gasteiger partial charge in [0.1, 0.15) is 11.6 Å². The highest BCUT2D eigenvalue weighted by Gasteiger charge is 2.17. The van der Waals surface area contributed by atoms with E-state index in [0.717, 1.165) is 16.9 Å². The fourth-order valence-electron chi connectivity index (χ4n) is 2.43. The van der Waals surface area contributed by atoms with E-state index < -0.39 is 0 Å². The summed E-state index contributed by atoms with van der Waals surface area (Å²) in [6.45, 7) is 5.79. The molecule has 2 nitrogen and oxygen atoms in total. The fraction of sp³-hybridized carbons (Fsp3) is 0.333. The molecule has 0 bridgehead atoms. The van der Waals surface area contributed by atoms with Crippen LogP contribution in [0.2, 0.25) is 0 Å². The third-order valence-electron chi connectivity index (χ3n) is 3.40. The molecular formula is C18H22FNO. The Morgan fingerprint density at radius 1 is 1.10 bits per heavy atom. The highest BCUT2D eigenvalue weighted by atomic mass is 19.1. The number of nitrogens with one attached hydrogen (secondary N) is 1. The first-order chi connectivity index (χ1) is 10.0. The third kappa shape index (κ3) is 3.61. The van der Waals surface area contributed by atoms with E-state index in [-0.39, 0.29) is 18.0 Å². The quantitative estimate of drug-likeness (QED) is 0.888. The van der Waals surface area contributed by atoms with Gasteiger partial charge in [0.05, 0.1) is 12.1 Å². The van der Waals surface area contributed by atoms with Gasteiger partial charge in [0.15, 0.2) is 0 Å². The highest BCUT2D eigenvalue weighted by molar-refractivity contribution is 5.42. The normalized spacial score (nSPS) is 12.5. The molecule has 1 unspecified atom stereocenters. The van der Waals surface area contributed by atoms with E-state index >= 15 is 0 Å². The first-order valence-electron chi connectivity index (χ1n) is 7.21. The molecule has 0 aromatic heterocycles. The first-order valence-corrected chi connectivity index (χ1v) is 7.21. The lowest BCUT2D eigenvalue weighted by Gasteiger charge is -2.22. The highest BCUT2D eigenvalue weighted by Crippen LogP contribution is 2.31. The lowest BCUT2D eigenvalue weighted by atomic mass is 9.96. The van der Waals surface area contributed by atoms with E-state index in [1.165, 1.54) is 6.07 Å². The first kappa shape index (κ1) is 15.5. The minimum Gasteiger partial charge on any atom is -0.491 e. The Hall–Kier alpha value is -1.87. The average molecular weight is 287 g/mol. The molecule has 0 radical (unpaired) electrons.